The van der Waals surface area contributed by atoms with Crippen LogP contribution in [0.5, 0.6) is 5.88 Å². The number of nitrogens with two attached hydrogens (primary N) is 1. The Balaban J connectivity index is 2.15. The maximum Gasteiger partial charge on any atom is 0.335 e. The van der Waals surface area contributed by atoms with Crippen LogP contribution in [0.4, 0.5) is 11.4 Å². The third-order valence-electron chi connectivity index (χ3n) is 3.40. The van der Waals surface area contributed by atoms with Crippen molar-refractivity contribution in [3.05, 3.63) is 81.0 Å². The highest BCUT2D eigenvalue weighted by Gasteiger charge is 2.13. The van der Waals surface area contributed by atoms with Gasteiger partial charge in [0.05, 0.1) is 17.1 Å². The van der Waals surface area contributed by atoms with E-state index in [1.54, 1.807) is 54.6 Å². The zero-order chi connectivity index (χ0) is 17.1. The highest BCUT2D eigenvalue weighted by molar-refractivity contribution is 5.85. The van der Waals surface area contributed by atoms with Crippen molar-refractivity contribution in [3.8, 4) is 11.6 Å². The Labute approximate surface area is 136 Å². The molecule has 0 saturated carbocycles. The van der Waals surface area contributed by atoms with Gasteiger partial charge in [-0.2, -0.15) is 0 Å². The van der Waals surface area contributed by atoms with Crippen LogP contribution in [0.25, 0.3) is 5.69 Å². The van der Waals surface area contributed by atoms with Crippen LogP contribution in [-0.2, 0) is 0 Å². The number of nitrogens with zero attached hydrogens (tertiary/aromatic N) is 2. The second-order valence-corrected chi connectivity index (χ2v) is 4.98. The molecule has 120 valence electrons. The zero-order valence-electron chi connectivity index (χ0n) is 12.5. The summed E-state index contributed by atoms with van der Waals surface area (Å²) < 4.78 is 0.997. The molecule has 0 amide bonds. The Morgan fingerprint density at radius 3 is 2.42 bits per heavy atom. The van der Waals surface area contributed by atoms with Crippen LogP contribution >= 0.6 is 0 Å². The molecule has 4 N–H and O–H groups in total. The van der Waals surface area contributed by atoms with Crippen molar-refractivity contribution in [2.24, 2.45) is 4.99 Å². The van der Waals surface area contributed by atoms with Crippen molar-refractivity contribution in [1.82, 2.24) is 9.55 Å². The first kappa shape index (κ1) is 15.3. The molecule has 0 spiro atoms. The predicted octanol–water partition coefficient (Wildman–Crippen LogP) is 1.56. The summed E-state index contributed by atoms with van der Waals surface area (Å²) in [7, 11) is 0. The van der Waals surface area contributed by atoms with E-state index in [1.807, 2.05) is 0 Å². The van der Waals surface area contributed by atoms with Gasteiger partial charge in [0.1, 0.15) is 5.56 Å². The highest BCUT2D eigenvalue weighted by atomic mass is 16.3. The molecule has 1 heterocycles. The Hall–Kier alpha value is -3.61. The molecular weight excluding hydrogens is 308 g/mol. The smallest absolute Gasteiger partial charge is 0.335 e. The predicted molar refractivity (Wildman–Crippen MR) is 92.4 cm³/mol. The van der Waals surface area contributed by atoms with E-state index >= 15 is 0 Å². The maximum atomic E-state index is 12.0. The van der Waals surface area contributed by atoms with Gasteiger partial charge < -0.3 is 10.8 Å². The van der Waals surface area contributed by atoms with E-state index in [2.05, 4.69) is 9.98 Å². The number of nitrogens with one attached hydrogen (secondary N) is 1. The van der Waals surface area contributed by atoms with E-state index in [9.17, 15) is 14.7 Å². The molecule has 24 heavy (non-hydrogen) atoms. The fourth-order valence-electron chi connectivity index (χ4n) is 2.21. The van der Waals surface area contributed by atoms with Crippen LogP contribution in [0.3, 0.4) is 0 Å². The molecular formula is C17H14N4O3. The Morgan fingerprint density at radius 2 is 1.71 bits per heavy atom. The number of rotatable bonds is 3. The number of para-hydroxylation sites is 3. The molecule has 2 aromatic carbocycles. The van der Waals surface area contributed by atoms with Crippen molar-refractivity contribution in [2.75, 3.05) is 5.73 Å². The topological polar surface area (TPSA) is 113 Å². The summed E-state index contributed by atoms with van der Waals surface area (Å²) in [5.41, 5.74) is 5.49. The molecule has 3 rings (SSSR count). The molecule has 0 unspecified atom stereocenters. The number of hydrogen-bond donors (Lipinski definition) is 3. The number of anilines is 1. The van der Waals surface area contributed by atoms with Gasteiger partial charge in [-0.3, -0.25) is 14.8 Å². The average molecular weight is 322 g/mol. The molecule has 1 aromatic heterocycles. The summed E-state index contributed by atoms with van der Waals surface area (Å²) in [5.74, 6) is -0.492. The summed E-state index contributed by atoms with van der Waals surface area (Å²) in [6.07, 6.45) is 1.18. The van der Waals surface area contributed by atoms with Crippen LogP contribution in [0, 0.1) is 0 Å². The van der Waals surface area contributed by atoms with E-state index in [0.29, 0.717) is 17.1 Å². The first-order chi connectivity index (χ1) is 11.6. The summed E-state index contributed by atoms with van der Waals surface area (Å²) in [6, 6.07) is 15.3. The van der Waals surface area contributed by atoms with Gasteiger partial charge in [-0.05, 0) is 24.3 Å². The van der Waals surface area contributed by atoms with Gasteiger partial charge >= 0.3 is 5.69 Å². The summed E-state index contributed by atoms with van der Waals surface area (Å²) in [4.78, 5) is 30.3. The fraction of sp³-hybridized carbons (Fsp3) is 0. The van der Waals surface area contributed by atoms with Crippen molar-refractivity contribution >= 4 is 17.6 Å². The molecule has 0 fully saturated rings. The van der Waals surface area contributed by atoms with E-state index in [0.717, 1.165) is 4.57 Å². The monoisotopic (exact) mass is 322 g/mol. The van der Waals surface area contributed by atoms with Crippen molar-refractivity contribution < 1.29 is 5.11 Å². The molecule has 7 heteroatoms. The quantitative estimate of drug-likeness (QED) is 0.501. The van der Waals surface area contributed by atoms with Gasteiger partial charge in [-0.25, -0.2) is 9.36 Å². The lowest BCUT2D eigenvalue weighted by Gasteiger charge is -2.09. The fourth-order valence-corrected chi connectivity index (χ4v) is 2.21. The second kappa shape index (κ2) is 6.25. The summed E-state index contributed by atoms with van der Waals surface area (Å²) in [6.45, 7) is 0. The minimum absolute atomic E-state index is 0.137. The summed E-state index contributed by atoms with van der Waals surface area (Å²) in [5, 5.41) is 10.4. The number of benzene rings is 2. The lowest BCUT2D eigenvalue weighted by molar-refractivity contribution is 0.430. The van der Waals surface area contributed by atoms with Crippen LogP contribution < -0.4 is 17.0 Å². The standard InChI is InChI=1S/C17H14N4O3/c18-13-8-4-5-9-14(13)19-10-12-15(22)20-17(24)21(16(12)23)11-6-2-1-3-7-11/h1-10,23H,18H2,(H,20,22,24). The number of aromatic hydroxyl groups is 1. The molecule has 0 radical (unpaired) electrons. The van der Waals surface area contributed by atoms with Crippen molar-refractivity contribution in [3.63, 3.8) is 0 Å². The lowest BCUT2D eigenvalue weighted by atomic mass is 10.2. The van der Waals surface area contributed by atoms with Crippen molar-refractivity contribution in [2.45, 2.75) is 0 Å². The zero-order valence-corrected chi connectivity index (χ0v) is 12.5. The molecule has 7 nitrogen and oxygen atoms in total. The normalized spacial score (nSPS) is 11.0. The Morgan fingerprint density at radius 1 is 1.04 bits per heavy atom. The van der Waals surface area contributed by atoms with E-state index in [-0.39, 0.29) is 5.56 Å². The third kappa shape index (κ3) is 2.82. The molecule has 0 atom stereocenters. The molecule has 0 aliphatic carbocycles. The maximum absolute atomic E-state index is 12.0. The minimum atomic E-state index is -0.736. The first-order valence-electron chi connectivity index (χ1n) is 7.10. The largest absolute Gasteiger partial charge is 0.493 e. The van der Waals surface area contributed by atoms with Gasteiger partial charge in [0.2, 0.25) is 5.88 Å². The molecule has 0 saturated heterocycles. The molecule has 0 aliphatic rings. The summed E-state index contributed by atoms with van der Waals surface area (Å²) >= 11 is 0. The average Bonchev–Trinajstić information content (AvgIpc) is 2.57. The molecule has 3 aromatic rings. The number of aromatic nitrogens is 2. The van der Waals surface area contributed by atoms with Gasteiger partial charge in [0.25, 0.3) is 5.56 Å². The number of aromatic amines is 1. The highest BCUT2D eigenvalue weighted by Crippen LogP contribution is 2.21. The van der Waals surface area contributed by atoms with E-state index in [4.69, 9.17) is 5.73 Å². The SMILES string of the molecule is Nc1ccccc1N=Cc1c(O)n(-c2ccccc2)c(=O)[nH]c1=O. The van der Waals surface area contributed by atoms with Crippen molar-refractivity contribution in [1.29, 1.82) is 0 Å². The van der Waals surface area contributed by atoms with E-state index < -0.39 is 17.1 Å². The van der Waals surface area contributed by atoms with Gasteiger partial charge in [0, 0.05) is 6.21 Å². The van der Waals surface area contributed by atoms with Crippen LogP contribution in [0.15, 0.2) is 69.2 Å². The minimum Gasteiger partial charge on any atom is -0.493 e. The number of aliphatic imine (C=N–C) groups is 1. The van der Waals surface area contributed by atoms with Gasteiger partial charge in [0.15, 0.2) is 0 Å². The van der Waals surface area contributed by atoms with Crippen LogP contribution in [0.1, 0.15) is 5.56 Å². The van der Waals surface area contributed by atoms with Crippen LogP contribution in [0.2, 0.25) is 0 Å². The van der Waals surface area contributed by atoms with Crippen LogP contribution in [-0.4, -0.2) is 20.9 Å². The third-order valence-corrected chi connectivity index (χ3v) is 3.40. The van der Waals surface area contributed by atoms with Gasteiger partial charge in [-0.15, -0.1) is 0 Å². The van der Waals surface area contributed by atoms with E-state index in [1.165, 1.54) is 6.21 Å². The molecule has 0 aliphatic heterocycles. The number of hydrogen-bond acceptors (Lipinski definition) is 5. The number of nitrogen functional groups attached to an aromatic ring is 1. The Bertz CT molecular complexity index is 1020. The lowest BCUT2D eigenvalue weighted by Crippen LogP contribution is -2.31. The number of H-pyrrole nitrogens is 1. The molecule has 0 bridgehead atoms. The Kier molecular flexibility index (Phi) is 3.98. The first-order valence-corrected chi connectivity index (χ1v) is 7.10. The van der Waals surface area contributed by atoms with Gasteiger partial charge in [-0.1, -0.05) is 30.3 Å². The second-order valence-electron chi connectivity index (χ2n) is 4.98.